The standard InChI is InChI=1S/C24H36O2/c1-18(2)17-26-23(25)16-20(4)11-8-10-19(3)13-14-22-21(5)12-9-15-24(22,6)7/h8,10-11,13-14,16,18H,9,12,15,17H2,1-7H3/b11-8+,14-13+,19-10+,20-16+. The highest BCUT2D eigenvalue weighted by atomic mass is 16.5. The van der Waals surface area contributed by atoms with Crippen LogP contribution in [-0.2, 0) is 9.53 Å². The number of esters is 1. The molecule has 0 aliphatic heterocycles. The van der Waals surface area contributed by atoms with Crippen LogP contribution in [0.1, 0.15) is 67.7 Å². The summed E-state index contributed by atoms with van der Waals surface area (Å²) >= 11 is 0. The molecule has 0 radical (unpaired) electrons. The van der Waals surface area contributed by atoms with E-state index in [2.05, 4.69) is 45.9 Å². The van der Waals surface area contributed by atoms with Crippen LogP contribution < -0.4 is 0 Å². The minimum atomic E-state index is -0.275. The first-order valence-corrected chi connectivity index (χ1v) is 9.70. The first-order chi connectivity index (χ1) is 12.1. The predicted octanol–water partition coefficient (Wildman–Crippen LogP) is 6.72. The fraction of sp³-hybridized carbons (Fsp3) is 0.542. The summed E-state index contributed by atoms with van der Waals surface area (Å²) in [5.41, 5.74) is 5.34. The maximum atomic E-state index is 11.7. The van der Waals surface area contributed by atoms with Crippen LogP contribution in [0.4, 0.5) is 0 Å². The van der Waals surface area contributed by atoms with Crippen molar-refractivity contribution < 1.29 is 9.53 Å². The van der Waals surface area contributed by atoms with E-state index in [1.165, 1.54) is 42.1 Å². The van der Waals surface area contributed by atoms with Crippen LogP contribution in [0.15, 0.2) is 58.7 Å². The van der Waals surface area contributed by atoms with E-state index in [1.807, 2.05) is 32.9 Å². The van der Waals surface area contributed by atoms with Gasteiger partial charge in [-0.1, -0.05) is 69.2 Å². The maximum Gasteiger partial charge on any atom is 0.331 e. The van der Waals surface area contributed by atoms with Crippen LogP contribution in [0.5, 0.6) is 0 Å². The van der Waals surface area contributed by atoms with Gasteiger partial charge in [-0.05, 0) is 62.5 Å². The second-order valence-corrected chi connectivity index (χ2v) is 8.45. The smallest absolute Gasteiger partial charge is 0.331 e. The zero-order valence-electron chi connectivity index (χ0n) is 17.7. The molecule has 1 aliphatic carbocycles. The number of rotatable bonds is 7. The number of hydrogen-bond acceptors (Lipinski definition) is 2. The number of carbonyl (C=O) groups is 1. The highest BCUT2D eigenvalue weighted by Gasteiger charge is 2.26. The van der Waals surface area contributed by atoms with E-state index in [9.17, 15) is 4.79 Å². The van der Waals surface area contributed by atoms with Crippen LogP contribution in [0.2, 0.25) is 0 Å². The zero-order chi connectivity index (χ0) is 19.7. The summed E-state index contributed by atoms with van der Waals surface area (Å²) in [4.78, 5) is 11.7. The van der Waals surface area contributed by atoms with Crippen molar-refractivity contribution in [3.63, 3.8) is 0 Å². The second-order valence-electron chi connectivity index (χ2n) is 8.45. The van der Waals surface area contributed by atoms with Crippen LogP contribution in [-0.4, -0.2) is 12.6 Å². The molecule has 0 aromatic carbocycles. The fourth-order valence-electron chi connectivity index (χ4n) is 3.16. The molecule has 0 amide bonds. The Morgan fingerprint density at radius 1 is 1.19 bits per heavy atom. The van der Waals surface area contributed by atoms with E-state index in [-0.39, 0.29) is 11.4 Å². The maximum absolute atomic E-state index is 11.7. The lowest BCUT2D eigenvalue weighted by Crippen LogP contribution is -2.19. The number of allylic oxidation sites excluding steroid dienone is 9. The molecule has 0 atom stereocenters. The summed E-state index contributed by atoms with van der Waals surface area (Å²) in [5.74, 6) is 0.0804. The molecule has 144 valence electrons. The Balaban J connectivity index is 2.67. The molecule has 0 saturated heterocycles. The molecule has 0 saturated carbocycles. The molecule has 1 rings (SSSR count). The van der Waals surface area contributed by atoms with Crippen LogP contribution in [0.25, 0.3) is 0 Å². The zero-order valence-corrected chi connectivity index (χ0v) is 17.7. The lowest BCUT2D eigenvalue weighted by atomic mass is 9.72. The molecule has 2 heteroatoms. The summed E-state index contributed by atoms with van der Waals surface area (Å²) in [5, 5.41) is 0. The van der Waals surface area contributed by atoms with Crippen molar-refractivity contribution >= 4 is 5.97 Å². The summed E-state index contributed by atoms with van der Waals surface area (Å²) in [6.07, 6.45) is 15.7. The van der Waals surface area contributed by atoms with Gasteiger partial charge in [0.25, 0.3) is 0 Å². The van der Waals surface area contributed by atoms with Gasteiger partial charge in [-0.3, -0.25) is 0 Å². The largest absolute Gasteiger partial charge is 0.462 e. The number of hydrogen-bond donors (Lipinski definition) is 0. The van der Waals surface area contributed by atoms with Crippen molar-refractivity contribution in [3.05, 3.63) is 58.7 Å². The van der Waals surface area contributed by atoms with Gasteiger partial charge in [0.1, 0.15) is 0 Å². The second kappa shape index (κ2) is 10.4. The predicted molar refractivity (Wildman–Crippen MR) is 112 cm³/mol. The molecule has 26 heavy (non-hydrogen) atoms. The Hall–Kier alpha value is -1.83. The van der Waals surface area contributed by atoms with Gasteiger partial charge in [-0.15, -0.1) is 0 Å². The molecular formula is C24H36O2. The van der Waals surface area contributed by atoms with Crippen LogP contribution in [0, 0.1) is 11.3 Å². The van der Waals surface area contributed by atoms with Crippen molar-refractivity contribution in [3.8, 4) is 0 Å². The Bertz CT molecular complexity index is 637. The third-order valence-corrected chi connectivity index (χ3v) is 4.68. The SMILES string of the molecule is CC1=C(/C=C/C(C)=C/C=C/C(C)=C/C(=O)OCC(C)C)C(C)(C)CCC1. The highest BCUT2D eigenvalue weighted by molar-refractivity contribution is 5.83. The van der Waals surface area contributed by atoms with Gasteiger partial charge in [0.2, 0.25) is 0 Å². The average Bonchev–Trinajstić information content (AvgIpc) is 2.51. The van der Waals surface area contributed by atoms with Gasteiger partial charge >= 0.3 is 5.97 Å². The third kappa shape index (κ3) is 8.03. The van der Waals surface area contributed by atoms with E-state index in [4.69, 9.17) is 4.74 Å². The quantitative estimate of drug-likeness (QED) is 0.287. The Labute approximate surface area is 160 Å². The fourth-order valence-corrected chi connectivity index (χ4v) is 3.16. The Morgan fingerprint density at radius 2 is 1.88 bits per heavy atom. The molecule has 1 aliphatic rings. The average molecular weight is 357 g/mol. The van der Waals surface area contributed by atoms with E-state index >= 15 is 0 Å². The summed E-state index contributed by atoms with van der Waals surface area (Å²) < 4.78 is 5.16. The molecule has 0 bridgehead atoms. The van der Waals surface area contributed by atoms with Gasteiger partial charge < -0.3 is 4.74 Å². The van der Waals surface area contributed by atoms with Crippen molar-refractivity contribution in [2.75, 3.05) is 6.61 Å². The normalized spacial score (nSPS) is 19.1. The van der Waals surface area contributed by atoms with Crippen LogP contribution >= 0.6 is 0 Å². The number of ether oxygens (including phenoxy) is 1. The van der Waals surface area contributed by atoms with E-state index < -0.39 is 0 Å². The van der Waals surface area contributed by atoms with Gasteiger partial charge in [0, 0.05) is 6.08 Å². The molecule has 2 nitrogen and oxygen atoms in total. The molecule has 0 N–H and O–H groups in total. The molecule has 0 fully saturated rings. The molecule has 0 unspecified atom stereocenters. The topological polar surface area (TPSA) is 26.3 Å². The van der Waals surface area contributed by atoms with Crippen molar-refractivity contribution in [1.29, 1.82) is 0 Å². The van der Waals surface area contributed by atoms with Crippen LogP contribution in [0.3, 0.4) is 0 Å². The van der Waals surface area contributed by atoms with E-state index in [0.717, 1.165) is 5.57 Å². The molecule has 0 aromatic rings. The first kappa shape index (κ1) is 22.2. The van der Waals surface area contributed by atoms with Crippen molar-refractivity contribution in [1.82, 2.24) is 0 Å². The minimum Gasteiger partial charge on any atom is -0.462 e. The molecule has 0 heterocycles. The Kier molecular flexibility index (Phi) is 8.84. The van der Waals surface area contributed by atoms with E-state index in [0.29, 0.717) is 12.5 Å². The van der Waals surface area contributed by atoms with Gasteiger partial charge in [-0.2, -0.15) is 0 Å². The summed E-state index contributed by atoms with van der Waals surface area (Å²) in [7, 11) is 0. The lowest BCUT2D eigenvalue weighted by molar-refractivity contribution is -0.138. The van der Waals surface area contributed by atoms with Crippen molar-refractivity contribution in [2.24, 2.45) is 11.3 Å². The van der Waals surface area contributed by atoms with Gasteiger partial charge in [0.15, 0.2) is 0 Å². The summed E-state index contributed by atoms with van der Waals surface area (Å²) in [6.45, 7) is 15.4. The molecule has 0 aromatic heterocycles. The third-order valence-electron chi connectivity index (χ3n) is 4.68. The van der Waals surface area contributed by atoms with Crippen molar-refractivity contribution in [2.45, 2.75) is 67.7 Å². The van der Waals surface area contributed by atoms with Gasteiger partial charge in [0.05, 0.1) is 6.61 Å². The monoisotopic (exact) mass is 356 g/mol. The highest BCUT2D eigenvalue weighted by Crippen LogP contribution is 2.40. The lowest BCUT2D eigenvalue weighted by Gasteiger charge is -2.32. The number of carbonyl (C=O) groups excluding carboxylic acids is 1. The molecule has 0 spiro atoms. The molecular weight excluding hydrogens is 320 g/mol. The first-order valence-electron chi connectivity index (χ1n) is 9.70. The minimum absolute atomic E-state index is 0.268. The van der Waals surface area contributed by atoms with E-state index in [1.54, 1.807) is 0 Å². The van der Waals surface area contributed by atoms with Gasteiger partial charge in [-0.25, -0.2) is 4.79 Å². The summed E-state index contributed by atoms with van der Waals surface area (Å²) in [6, 6.07) is 0. The Morgan fingerprint density at radius 3 is 2.50 bits per heavy atom.